The summed E-state index contributed by atoms with van der Waals surface area (Å²) in [4.78, 5) is 13.2. The van der Waals surface area contributed by atoms with E-state index in [0.717, 1.165) is 19.4 Å². The number of anilines is 2. The minimum absolute atomic E-state index is 0.00950. The lowest BCUT2D eigenvalue weighted by atomic mass is 9.94. The zero-order valence-electron chi connectivity index (χ0n) is 23.6. The normalized spacial score (nSPS) is 24.3. The highest BCUT2D eigenvalue weighted by Gasteiger charge is 2.49. The summed E-state index contributed by atoms with van der Waals surface area (Å²) < 4.78 is 68.2. The van der Waals surface area contributed by atoms with Gasteiger partial charge in [-0.25, -0.2) is 17.6 Å². The van der Waals surface area contributed by atoms with Crippen molar-refractivity contribution in [3.8, 4) is 17.1 Å². The third kappa shape index (κ3) is 4.72. The summed E-state index contributed by atoms with van der Waals surface area (Å²) in [5.41, 5.74) is 4.64. The third-order valence-electron chi connectivity index (χ3n) is 9.08. The molecule has 3 N–H and O–H groups in total. The molecule has 3 saturated heterocycles. The number of alkyl halides is 1. The number of benzene rings is 3. The van der Waals surface area contributed by atoms with E-state index >= 15 is 8.78 Å². The van der Waals surface area contributed by atoms with E-state index in [2.05, 4.69) is 20.2 Å². The number of hydrogen-bond donors (Lipinski definition) is 2. The first kappa shape index (κ1) is 28.4. The molecule has 3 atom stereocenters. The van der Waals surface area contributed by atoms with E-state index in [1.54, 1.807) is 6.07 Å². The monoisotopic (exact) mass is 614 g/mol. The van der Waals surface area contributed by atoms with Crippen LogP contribution in [0.4, 0.5) is 29.1 Å². The largest absolute Gasteiger partial charge is 0.461 e. The minimum atomic E-state index is -0.968. The number of aromatic nitrogens is 2. The molecular formula is C31H31ClF4N6O. The van der Waals surface area contributed by atoms with Crippen LogP contribution in [0.2, 0.25) is 5.02 Å². The van der Waals surface area contributed by atoms with Gasteiger partial charge in [-0.15, -0.1) is 0 Å². The van der Waals surface area contributed by atoms with Gasteiger partial charge in [-0.2, -0.15) is 9.97 Å². The first-order chi connectivity index (χ1) is 20.6. The van der Waals surface area contributed by atoms with E-state index in [1.807, 2.05) is 11.8 Å². The Balaban J connectivity index is 1.40. The molecule has 0 bridgehead atoms. The second kappa shape index (κ2) is 10.6. The van der Waals surface area contributed by atoms with E-state index < -0.39 is 34.7 Å². The first-order valence-electron chi connectivity index (χ1n) is 14.5. The number of nitrogens with two attached hydrogens (primary N) is 1. The Morgan fingerprint density at radius 1 is 1.12 bits per heavy atom. The second-order valence-corrected chi connectivity index (χ2v) is 12.3. The number of rotatable bonds is 5. The standard InChI is InChI=1S/C31H31ClF4N6O/c1-16-13-41(9-7-38-16)29-20-10-22(34)25(19-11-23(37)26(35)18-4-2-5-21(32)24(18)19)27(36)28(20)39-30(40-29)43-15-31-6-3-8-42(31)14-17(33)12-31/h2,4-5,10-11,16-17,38H,3,6-9,12-15,37H2,1H3/t16-,17-,31+/m1/s1. The maximum Gasteiger partial charge on any atom is 0.319 e. The molecule has 4 aromatic rings. The van der Waals surface area contributed by atoms with Gasteiger partial charge in [-0.05, 0) is 50.1 Å². The summed E-state index contributed by atoms with van der Waals surface area (Å²) >= 11 is 6.44. The van der Waals surface area contributed by atoms with Crippen LogP contribution < -0.4 is 20.7 Å². The molecule has 3 aliphatic heterocycles. The van der Waals surface area contributed by atoms with Crippen LogP contribution in [0.15, 0.2) is 30.3 Å². The maximum absolute atomic E-state index is 16.7. The number of nitrogen functional groups attached to an aromatic ring is 1. The molecule has 3 aromatic carbocycles. The van der Waals surface area contributed by atoms with Crippen molar-refractivity contribution in [2.45, 2.75) is 43.9 Å². The van der Waals surface area contributed by atoms with Gasteiger partial charge in [0.15, 0.2) is 11.6 Å². The Hall–Kier alpha value is -3.41. The van der Waals surface area contributed by atoms with Gasteiger partial charge in [0.1, 0.15) is 29.9 Å². The topological polar surface area (TPSA) is 79.5 Å². The smallest absolute Gasteiger partial charge is 0.319 e. The van der Waals surface area contributed by atoms with Crippen molar-refractivity contribution in [3.05, 3.63) is 52.8 Å². The van der Waals surface area contributed by atoms with Crippen LogP contribution in [0, 0.1) is 17.5 Å². The van der Waals surface area contributed by atoms with Gasteiger partial charge < -0.3 is 20.7 Å². The summed E-state index contributed by atoms with van der Waals surface area (Å²) in [6.45, 7) is 5.08. The molecule has 0 radical (unpaired) electrons. The molecule has 43 heavy (non-hydrogen) atoms. The molecule has 7 rings (SSSR count). The van der Waals surface area contributed by atoms with Crippen LogP contribution in [0.5, 0.6) is 6.01 Å². The van der Waals surface area contributed by atoms with Crippen LogP contribution in [0.25, 0.3) is 32.8 Å². The summed E-state index contributed by atoms with van der Waals surface area (Å²) in [6, 6.07) is 6.95. The molecular weight excluding hydrogens is 584 g/mol. The third-order valence-corrected chi connectivity index (χ3v) is 9.40. The zero-order chi connectivity index (χ0) is 30.0. The van der Waals surface area contributed by atoms with Gasteiger partial charge in [0.2, 0.25) is 0 Å². The number of halogens is 5. The van der Waals surface area contributed by atoms with E-state index in [0.29, 0.717) is 38.4 Å². The Morgan fingerprint density at radius 3 is 2.77 bits per heavy atom. The predicted molar refractivity (Wildman–Crippen MR) is 160 cm³/mol. The Kier molecular flexibility index (Phi) is 7.02. The van der Waals surface area contributed by atoms with Crippen molar-refractivity contribution in [2.24, 2.45) is 0 Å². The molecule has 4 heterocycles. The molecule has 0 amide bonds. The highest BCUT2D eigenvalue weighted by molar-refractivity contribution is 6.37. The van der Waals surface area contributed by atoms with Crippen LogP contribution >= 0.6 is 11.6 Å². The molecule has 226 valence electrons. The SMILES string of the molecule is C[C@@H]1CN(c2nc(OC[C@@]34CCCN3C[C@H](F)C4)nc3c(F)c(-c4cc(N)c(F)c5cccc(Cl)c45)c(F)cc23)CCN1. The van der Waals surface area contributed by atoms with Crippen LogP contribution in [0.1, 0.15) is 26.2 Å². The number of piperazine rings is 1. The van der Waals surface area contributed by atoms with Gasteiger partial charge in [-0.1, -0.05) is 23.7 Å². The van der Waals surface area contributed by atoms with Crippen molar-refractivity contribution in [2.75, 3.05) is 50.0 Å². The molecule has 0 unspecified atom stereocenters. The number of fused-ring (bicyclic) bond motifs is 3. The van der Waals surface area contributed by atoms with E-state index in [4.69, 9.17) is 22.1 Å². The predicted octanol–water partition coefficient (Wildman–Crippen LogP) is 5.86. The van der Waals surface area contributed by atoms with Crippen LogP contribution in [-0.2, 0) is 0 Å². The van der Waals surface area contributed by atoms with Gasteiger partial charge in [0.05, 0.1) is 16.8 Å². The van der Waals surface area contributed by atoms with Gasteiger partial charge in [0, 0.05) is 59.8 Å². The van der Waals surface area contributed by atoms with E-state index in [-0.39, 0.29) is 56.6 Å². The Morgan fingerprint density at radius 2 is 1.95 bits per heavy atom. The minimum Gasteiger partial charge on any atom is -0.461 e. The summed E-state index contributed by atoms with van der Waals surface area (Å²) in [6.07, 6.45) is 1.14. The van der Waals surface area contributed by atoms with Crippen molar-refractivity contribution in [1.82, 2.24) is 20.2 Å². The Labute approximate surface area is 251 Å². The average molecular weight is 615 g/mol. The fourth-order valence-electron chi connectivity index (χ4n) is 7.11. The highest BCUT2D eigenvalue weighted by atomic mass is 35.5. The fraction of sp³-hybridized carbons (Fsp3) is 0.419. The number of nitrogens with one attached hydrogen (secondary N) is 1. The van der Waals surface area contributed by atoms with Crippen molar-refractivity contribution >= 4 is 44.8 Å². The second-order valence-electron chi connectivity index (χ2n) is 11.9. The molecule has 3 fully saturated rings. The van der Waals surface area contributed by atoms with Gasteiger partial charge in [-0.3, -0.25) is 4.90 Å². The summed E-state index contributed by atoms with van der Waals surface area (Å²) in [7, 11) is 0. The fourth-order valence-corrected chi connectivity index (χ4v) is 7.39. The molecule has 3 aliphatic rings. The molecule has 0 aliphatic carbocycles. The van der Waals surface area contributed by atoms with Crippen molar-refractivity contribution in [1.29, 1.82) is 0 Å². The number of ether oxygens (including phenoxy) is 1. The van der Waals surface area contributed by atoms with Crippen LogP contribution in [0.3, 0.4) is 0 Å². The quantitative estimate of drug-likeness (QED) is 0.215. The average Bonchev–Trinajstić information content (AvgIpc) is 3.50. The number of hydrogen-bond acceptors (Lipinski definition) is 7. The first-order valence-corrected chi connectivity index (χ1v) is 14.9. The van der Waals surface area contributed by atoms with E-state index in [9.17, 15) is 8.78 Å². The molecule has 0 saturated carbocycles. The van der Waals surface area contributed by atoms with Gasteiger partial charge >= 0.3 is 6.01 Å². The van der Waals surface area contributed by atoms with Crippen molar-refractivity contribution < 1.29 is 22.3 Å². The molecule has 12 heteroatoms. The summed E-state index contributed by atoms with van der Waals surface area (Å²) in [5, 5.41) is 3.84. The zero-order valence-corrected chi connectivity index (χ0v) is 24.3. The molecule has 7 nitrogen and oxygen atoms in total. The van der Waals surface area contributed by atoms with Crippen LogP contribution in [-0.4, -0.2) is 72.0 Å². The Bertz CT molecular complexity index is 1760. The maximum atomic E-state index is 16.7. The lowest BCUT2D eigenvalue weighted by Crippen LogP contribution is -2.49. The van der Waals surface area contributed by atoms with E-state index in [1.165, 1.54) is 24.3 Å². The van der Waals surface area contributed by atoms with Gasteiger partial charge in [0.25, 0.3) is 0 Å². The molecule has 1 aromatic heterocycles. The highest BCUT2D eigenvalue weighted by Crippen LogP contribution is 2.43. The molecule has 0 spiro atoms. The number of nitrogens with zero attached hydrogens (tertiary/aromatic N) is 4. The summed E-state index contributed by atoms with van der Waals surface area (Å²) in [5.74, 6) is -2.24. The lowest BCUT2D eigenvalue weighted by molar-refractivity contribution is 0.107. The van der Waals surface area contributed by atoms with Crippen molar-refractivity contribution in [3.63, 3.8) is 0 Å². The lowest BCUT2D eigenvalue weighted by Gasteiger charge is -2.34.